The standard InChI is InChI=1S/C21H27N3O/c1-2-19(12-13-20(25)14-16-6-4-3-5-7-16)24-15-17-8-10-18(11-9-17)21(22)23/h3-11,19,24H,2,12-15H2,1H3,(H3,22,23). The highest BCUT2D eigenvalue weighted by atomic mass is 16.1. The fourth-order valence-corrected chi connectivity index (χ4v) is 2.76. The van der Waals surface area contributed by atoms with Crippen LogP contribution in [0.5, 0.6) is 0 Å². The van der Waals surface area contributed by atoms with E-state index in [1.54, 1.807) is 0 Å². The lowest BCUT2D eigenvalue weighted by atomic mass is 10.0. The van der Waals surface area contributed by atoms with Crippen LogP contribution in [-0.2, 0) is 17.8 Å². The molecule has 0 bridgehead atoms. The van der Waals surface area contributed by atoms with Crippen molar-refractivity contribution in [3.8, 4) is 0 Å². The Labute approximate surface area is 150 Å². The van der Waals surface area contributed by atoms with Crippen LogP contribution < -0.4 is 11.1 Å². The number of hydrogen-bond donors (Lipinski definition) is 3. The van der Waals surface area contributed by atoms with Crippen molar-refractivity contribution in [1.29, 1.82) is 5.41 Å². The minimum absolute atomic E-state index is 0.0860. The lowest BCUT2D eigenvalue weighted by Crippen LogP contribution is -2.28. The molecular weight excluding hydrogens is 310 g/mol. The summed E-state index contributed by atoms with van der Waals surface area (Å²) in [5.74, 6) is 0.375. The number of benzene rings is 2. The topological polar surface area (TPSA) is 79.0 Å². The maximum absolute atomic E-state index is 12.1. The number of Topliss-reactive ketones (excluding diaryl/α,β-unsaturated/α-hetero) is 1. The molecule has 25 heavy (non-hydrogen) atoms. The first-order chi connectivity index (χ1) is 12.1. The molecule has 0 amide bonds. The summed E-state index contributed by atoms with van der Waals surface area (Å²) in [6.07, 6.45) is 2.96. The molecule has 0 aliphatic rings. The number of ketones is 1. The van der Waals surface area contributed by atoms with Crippen molar-refractivity contribution in [2.24, 2.45) is 5.73 Å². The van der Waals surface area contributed by atoms with Gasteiger partial charge in [0.15, 0.2) is 0 Å². The Bertz CT molecular complexity index is 680. The molecule has 0 spiro atoms. The third-order valence-corrected chi connectivity index (χ3v) is 4.37. The van der Waals surface area contributed by atoms with Crippen molar-refractivity contribution in [3.05, 3.63) is 71.3 Å². The Morgan fingerprint density at radius 1 is 1.08 bits per heavy atom. The lowest BCUT2D eigenvalue weighted by molar-refractivity contribution is -0.118. The van der Waals surface area contributed by atoms with Gasteiger partial charge in [-0.25, -0.2) is 0 Å². The molecule has 0 aliphatic carbocycles. The van der Waals surface area contributed by atoms with E-state index in [0.29, 0.717) is 18.9 Å². The summed E-state index contributed by atoms with van der Waals surface area (Å²) >= 11 is 0. The average Bonchev–Trinajstić information content (AvgIpc) is 2.63. The zero-order valence-electron chi connectivity index (χ0n) is 14.8. The van der Waals surface area contributed by atoms with Gasteiger partial charge < -0.3 is 11.1 Å². The van der Waals surface area contributed by atoms with Crippen LogP contribution >= 0.6 is 0 Å². The van der Waals surface area contributed by atoms with E-state index in [1.165, 1.54) is 0 Å². The van der Waals surface area contributed by atoms with Crippen LogP contribution in [0.25, 0.3) is 0 Å². The van der Waals surface area contributed by atoms with E-state index >= 15 is 0 Å². The fourth-order valence-electron chi connectivity index (χ4n) is 2.76. The number of rotatable bonds is 10. The first-order valence-electron chi connectivity index (χ1n) is 8.80. The van der Waals surface area contributed by atoms with Crippen molar-refractivity contribution >= 4 is 11.6 Å². The Morgan fingerprint density at radius 3 is 2.36 bits per heavy atom. The molecule has 0 saturated heterocycles. The molecule has 4 nitrogen and oxygen atoms in total. The van der Waals surface area contributed by atoms with Crippen LogP contribution in [0.1, 0.15) is 42.9 Å². The minimum atomic E-state index is 0.0860. The Balaban J connectivity index is 1.76. The summed E-state index contributed by atoms with van der Waals surface area (Å²) < 4.78 is 0. The van der Waals surface area contributed by atoms with Gasteiger partial charge in [0.1, 0.15) is 11.6 Å². The van der Waals surface area contributed by atoms with Crippen LogP contribution in [-0.4, -0.2) is 17.7 Å². The summed E-state index contributed by atoms with van der Waals surface area (Å²) in [6, 6.07) is 17.9. The van der Waals surface area contributed by atoms with Crippen molar-refractivity contribution in [2.45, 2.75) is 45.2 Å². The van der Waals surface area contributed by atoms with Crippen molar-refractivity contribution in [1.82, 2.24) is 5.32 Å². The van der Waals surface area contributed by atoms with Gasteiger partial charge in [-0.05, 0) is 24.0 Å². The number of hydrogen-bond acceptors (Lipinski definition) is 3. The molecule has 2 aromatic rings. The highest BCUT2D eigenvalue weighted by Gasteiger charge is 2.10. The highest BCUT2D eigenvalue weighted by molar-refractivity contribution is 5.94. The van der Waals surface area contributed by atoms with Crippen LogP contribution in [0, 0.1) is 5.41 Å². The summed E-state index contributed by atoms with van der Waals surface area (Å²) in [5, 5.41) is 10.9. The maximum Gasteiger partial charge on any atom is 0.137 e. The molecule has 4 heteroatoms. The molecule has 4 N–H and O–H groups in total. The smallest absolute Gasteiger partial charge is 0.137 e. The van der Waals surface area contributed by atoms with E-state index in [9.17, 15) is 4.79 Å². The van der Waals surface area contributed by atoms with E-state index in [-0.39, 0.29) is 11.6 Å². The van der Waals surface area contributed by atoms with E-state index in [2.05, 4.69) is 12.2 Å². The Hall–Kier alpha value is -2.46. The number of nitrogen functional groups attached to an aromatic ring is 1. The predicted molar refractivity (Wildman–Crippen MR) is 103 cm³/mol. The monoisotopic (exact) mass is 337 g/mol. The second kappa shape index (κ2) is 9.74. The van der Waals surface area contributed by atoms with Crippen molar-refractivity contribution < 1.29 is 4.79 Å². The summed E-state index contributed by atoms with van der Waals surface area (Å²) in [6.45, 7) is 2.89. The SMILES string of the molecule is CCC(CCC(=O)Cc1ccccc1)NCc1ccc(C(=N)N)cc1. The molecule has 2 aromatic carbocycles. The van der Waals surface area contributed by atoms with Gasteiger partial charge in [-0.3, -0.25) is 10.2 Å². The van der Waals surface area contributed by atoms with Crippen LogP contribution in [0.2, 0.25) is 0 Å². The van der Waals surface area contributed by atoms with E-state index < -0.39 is 0 Å². The lowest BCUT2D eigenvalue weighted by Gasteiger charge is -2.17. The van der Waals surface area contributed by atoms with E-state index in [1.807, 2.05) is 54.6 Å². The average molecular weight is 337 g/mol. The highest BCUT2D eigenvalue weighted by Crippen LogP contribution is 2.09. The fraction of sp³-hybridized carbons (Fsp3) is 0.333. The quantitative estimate of drug-likeness (QED) is 0.459. The summed E-state index contributed by atoms with van der Waals surface area (Å²) in [7, 11) is 0. The number of amidine groups is 1. The number of carbonyl (C=O) groups excluding carboxylic acids is 1. The largest absolute Gasteiger partial charge is 0.384 e. The molecule has 132 valence electrons. The molecule has 0 aliphatic heterocycles. The molecule has 0 fully saturated rings. The minimum Gasteiger partial charge on any atom is -0.384 e. The van der Waals surface area contributed by atoms with Crippen molar-refractivity contribution in [2.75, 3.05) is 0 Å². The molecule has 2 rings (SSSR count). The predicted octanol–water partition coefficient (Wildman–Crippen LogP) is 3.43. The molecule has 0 radical (unpaired) electrons. The van der Waals surface area contributed by atoms with Crippen LogP contribution in [0.3, 0.4) is 0 Å². The number of carbonyl (C=O) groups is 1. The number of nitrogens with one attached hydrogen (secondary N) is 2. The van der Waals surface area contributed by atoms with Gasteiger partial charge in [-0.1, -0.05) is 61.5 Å². The van der Waals surface area contributed by atoms with Gasteiger partial charge >= 0.3 is 0 Å². The molecule has 1 atom stereocenters. The Kier molecular flexibility index (Phi) is 7.36. The zero-order chi connectivity index (χ0) is 18.1. The first kappa shape index (κ1) is 18.9. The zero-order valence-corrected chi connectivity index (χ0v) is 14.8. The summed E-state index contributed by atoms with van der Waals surface area (Å²) in [5.41, 5.74) is 8.44. The van der Waals surface area contributed by atoms with E-state index in [0.717, 1.165) is 36.1 Å². The van der Waals surface area contributed by atoms with Crippen molar-refractivity contribution in [3.63, 3.8) is 0 Å². The molecule has 0 heterocycles. The maximum atomic E-state index is 12.1. The second-order valence-electron chi connectivity index (χ2n) is 6.34. The van der Waals surface area contributed by atoms with Gasteiger partial charge in [0.2, 0.25) is 0 Å². The van der Waals surface area contributed by atoms with Gasteiger partial charge in [0.05, 0.1) is 0 Å². The molecular formula is C21H27N3O. The molecule has 0 saturated carbocycles. The van der Waals surface area contributed by atoms with Gasteiger partial charge in [-0.2, -0.15) is 0 Å². The third-order valence-electron chi connectivity index (χ3n) is 4.37. The normalized spacial score (nSPS) is 11.9. The first-order valence-corrected chi connectivity index (χ1v) is 8.80. The summed E-state index contributed by atoms with van der Waals surface area (Å²) in [4.78, 5) is 12.1. The van der Waals surface area contributed by atoms with Gasteiger partial charge in [-0.15, -0.1) is 0 Å². The van der Waals surface area contributed by atoms with Crippen LogP contribution in [0.15, 0.2) is 54.6 Å². The van der Waals surface area contributed by atoms with Crippen LogP contribution in [0.4, 0.5) is 0 Å². The van der Waals surface area contributed by atoms with Gasteiger partial charge in [0, 0.05) is 31.0 Å². The Morgan fingerprint density at radius 2 is 1.76 bits per heavy atom. The van der Waals surface area contributed by atoms with E-state index in [4.69, 9.17) is 11.1 Å². The molecule has 1 unspecified atom stereocenters. The second-order valence-corrected chi connectivity index (χ2v) is 6.34. The van der Waals surface area contributed by atoms with Gasteiger partial charge in [0.25, 0.3) is 0 Å². The third kappa shape index (κ3) is 6.51. The number of nitrogens with two attached hydrogens (primary N) is 1. The molecule has 0 aromatic heterocycles.